The van der Waals surface area contributed by atoms with Crippen LogP contribution in [0.2, 0.25) is 0 Å². The zero-order valence-corrected chi connectivity index (χ0v) is 10.8. The van der Waals surface area contributed by atoms with E-state index in [0.29, 0.717) is 11.8 Å². The molecule has 4 heteroatoms. The number of furan rings is 1. The van der Waals surface area contributed by atoms with Crippen molar-refractivity contribution < 1.29 is 9.21 Å². The normalized spacial score (nSPS) is 20.2. The number of ketones is 1. The number of hydrogen-bond acceptors (Lipinski definition) is 4. The van der Waals surface area contributed by atoms with Crippen LogP contribution in [0.3, 0.4) is 0 Å². The molecule has 1 aliphatic rings. The second-order valence-electron chi connectivity index (χ2n) is 4.95. The first-order valence-electron chi connectivity index (χ1n) is 6.10. The largest absolute Gasteiger partial charge is 0.437 e. The maximum Gasteiger partial charge on any atom is 0.196 e. The molecule has 0 aromatic carbocycles. The summed E-state index contributed by atoms with van der Waals surface area (Å²) in [7, 11) is 4.17. The number of rotatable bonds is 4. The molecule has 1 atom stereocenters. The van der Waals surface area contributed by atoms with Gasteiger partial charge in [0.2, 0.25) is 0 Å². The molecule has 1 unspecified atom stereocenters. The summed E-state index contributed by atoms with van der Waals surface area (Å²) in [6, 6.07) is 4.17. The third kappa shape index (κ3) is 2.69. The van der Waals surface area contributed by atoms with Gasteiger partial charge in [0.15, 0.2) is 17.4 Å². The van der Waals surface area contributed by atoms with Crippen LogP contribution in [0.1, 0.15) is 30.3 Å². The van der Waals surface area contributed by atoms with Crippen LogP contribution in [-0.4, -0.2) is 43.9 Å². The summed E-state index contributed by atoms with van der Waals surface area (Å²) in [5.74, 6) is 1.27. The van der Waals surface area contributed by atoms with Gasteiger partial charge in [-0.15, -0.1) is 0 Å². The van der Waals surface area contributed by atoms with Gasteiger partial charge in [-0.3, -0.25) is 4.79 Å². The van der Waals surface area contributed by atoms with E-state index in [1.165, 1.54) is 19.8 Å². The van der Waals surface area contributed by atoms with E-state index in [0.717, 1.165) is 19.0 Å². The monoisotopic (exact) mass is 236 g/mol. The van der Waals surface area contributed by atoms with Gasteiger partial charge < -0.3 is 14.2 Å². The van der Waals surface area contributed by atoms with E-state index in [-0.39, 0.29) is 5.78 Å². The van der Waals surface area contributed by atoms with Crippen LogP contribution in [0.15, 0.2) is 16.5 Å². The molecule has 2 heterocycles. The van der Waals surface area contributed by atoms with Gasteiger partial charge in [0, 0.05) is 32.1 Å². The number of nitrogens with zero attached hydrogens (tertiary/aromatic N) is 2. The van der Waals surface area contributed by atoms with Crippen LogP contribution in [0.25, 0.3) is 0 Å². The van der Waals surface area contributed by atoms with Crippen molar-refractivity contribution >= 4 is 11.7 Å². The first kappa shape index (κ1) is 12.2. The molecule has 0 bridgehead atoms. The van der Waals surface area contributed by atoms with Crippen LogP contribution in [0.4, 0.5) is 5.88 Å². The molecule has 4 nitrogen and oxygen atoms in total. The summed E-state index contributed by atoms with van der Waals surface area (Å²) in [5.41, 5.74) is 0. The Bertz CT molecular complexity index is 398. The smallest absolute Gasteiger partial charge is 0.196 e. The molecule has 1 aliphatic heterocycles. The molecule has 0 N–H and O–H groups in total. The van der Waals surface area contributed by atoms with Crippen molar-refractivity contribution in [2.75, 3.05) is 32.1 Å². The number of anilines is 1. The predicted octanol–water partition coefficient (Wildman–Crippen LogP) is 2.01. The molecule has 1 aromatic rings. The quantitative estimate of drug-likeness (QED) is 0.749. The van der Waals surface area contributed by atoms with Crippen molar-refractivity contribution in [3.05, 3.63) is 17.9 Å². The van der Waals surface area contributed by atoms with Gasteiger partial charge in [0.25, 0.3) is 0 Å². The van der Waals surface area contributed by atoms with E-state index in [2.05, 4.69) is 23.9 Å². The Morgan fingerprint density at radius 3 is 2.88 bits per heavy atom. The molecule has 17 heavy (non-hydrogen) atoms. The Morgan fingerprint density at radius 2 is 2.29 bits per heavy atom. The lowest BCUT2D eigenvalue weighted by atomic mass is 10.2. The maximum atomic E-state index is 11.2. The minimum atomic E-state index is -0.0143. The average molecular weight is 236 g/mol. The highest BCUT2D eigenvalue weighted by Crippen LogP contribution is 2.27. The summed E-state index contributed by atoms with van der Waals surface area (Å²) in [6.07, 6.45) is 2.38. The van der Waals surface area contributed by atoms with Gasteiger partial charge in [-0.1, -0.05) is 0 Å². The van der Waals surface area contributed by atoms with Crippen LogP contribution < -0.4 is 4.90 Å². The topological polar surface area (TPSA) is 36.7 Å². The lowest BCUT2D eigenvalue weighted by molar-refractivity contribution is 0.0987. The fourth-order valence-corrected chi connectivity index (χ4v) is 2.41. The van der Waals surface area contributed by atoms with Crippen molar-refractivity contribution in [1.82, 2.24) is 4.90 Å². The number of Topliss-reactive ketones (excluding diaryl/α,β-unsaturated/α-hetero) is 1. The Balaban J connectivity index is 2.11. The van der Waals surface area contributed by atoms with Crippen molar-refractivity contribution in [3.8, 4) is 0 Å². The first-order valence-corrected chi connectivity index (χ1v) is 6.10. The van der Waals surface area contributed by atoms with E-state index < -0.39 is 0 Å². The summed E-state index contributed by atoms with van der Waals surface area (Å²) >= 11 is 0. The Labute approximate surface area is 102 Å². The van der Waals surface area contributed by atoms with Gasteiger partial charge in [0.05, 0.1) is 0 Å². The van der Waals surface area contributed by atoms with Crippen molar-refractivity contribution in [1.29, 1.82) is 0 Å². The molecule has 0 amide bonds. The summed E-state index contributed by atoms with van der Waals surface area (Å²) in [6.45, 7) is 3.57. The van der Waals surface area contributed by atoms with E-state index in [4.69, 9.17) is 4.42 Å². The Kier molecular flexibility index (Phi) is 3.52. The highest BCUT2D eigenvalue weighted by Gasteiger charge is 2.27. The molecule has 1 saturated heterocycles. The maximum absolute atomic E-state index is 11.2. The molecular weight excluding hydrogens is 216 g/mol. The van der Waals surface area contributed by atoms with Crippen LogP contribution >= 0.6 is 0 Å². The lowest BCUT2D eigenvalue weighted by Crippen LogP contribution is -2.37. The van der Waals surface area contributed by atoms with Crippen molar-refractivity contribution in [3.63, 3.8) is 0 Å². The lowest BCUT2D eigenvalue weighted by Gasteiger charge is -2.26. The molecule has 0 saturated carbocycles. The Hall–Kier alpha value is -1.29. The molecular formula is C13H20N2O2. The summed E-state index contributed by atoms with van der Waals surface area (Å²) in [4.78, 5) is 15.7. The van der Waals surface area contributed by atoms with Gasteiger partial charge in [-0.05, 0) is 33.0 Å². The zero-order valence-electron chi connectivity index (χ0n) is 10.8. The Morgan fingerprint density at radius 1 is 1.53 bits per heavy atom. The molecule has 1 fully saturated rings. The van der Waals surface area contributed by atoms with Crippen LogP contribution in [-0.2, 0) is 0 Å². The predicted molar refractivity (Wildman–Crippen MR) is 67.6 cm³/mol. The van der Waals surface area contributed by atoms with Gasteiger partial charge in [-0.25, -0.2) is 0 Å². The number of likely N-dealkylation sites (N-methyl/N-ethyl adjacent to an activating group) is 1. The van der Waals surface area contributed by atoms with E-state index in [1.807, 2.05) is 6.07 Å². The van der Waals surface area contributed by atoms with E-state index >= 15 is 0 Å². The first-order chi connectivity index (χ1) is 8.08. The molecule has 0 aliphatic carbocycles. The van der Waals surface area contributed by atoms with Gasteiger partial charge >= 0.3 is 0 Å². The fourth-order valence-electron chi connectivity index (χ4n) is 2.41. The third-order valence-corrected chi connectivity index (χ3v) is 3.17. The van der Waals surface area contributed by atoms with E-state index in [9.17, 15) is 4.79 Å². The van der Waals surface area contributed by atoms with E-state index in [1.54, 1.807) is 6.07 Å². The number of carbonyl (C=O) groups is 1. The SMILES string of the molecule is CC(=O)c1ccc(N2CCCC2CN(C)C)o1. The second-order valence-corrected chi connectivity index (χ2v) is 4.95. The minimum Gasteiger partial charge on any atom is -0.437 e. The third-order valence-electron chi connectivity index (χ3n) is 3.17. The van der Waals surface area contributed by atoms with Gasteiger partial charge in [0.1, 0.15) is 0 Å². The standard InChI is InChI=1S/C13H20N2O2/c1-10(16)12-6-7-13(17-12)15-8-4-5-11(15)9-14(2)3/h6-7,11H,4-5,8-9H2,1-3H3. The second kappa shape index (κ2) is 4.92. The van der Waals surface area contributed by atoms with Gasteiger partial charge in [-0.2, -0.15) is 0 Å². The molecule has 1 aromatic heterocycles. The summed E-state index contributed by atoms with van der Waals surface area (Å²) < 4.78 is 5.60. The molecule has 0 spiro atoms. The van der Waals surface area contributed by atoms with Crippen molar-refractivity contribution in [2.24, 2.45) is 0 Å². The van der Waals surface area contributed by atoms with Crippen LogP contribution in [0.5, 0.6) is 0 Å². The molecule has 0 radical (unpaired) electrons. The fraction of sp³-hybridized carbons (Fsp3) is 0.615. The van der Waals surface area contributed by atoms with Crippen molar-refractivity contribution in [2.45, 2.75) is 25.8 Å². The number of carbonyl (C=O) groups excluding carboxylic acids is 1. The minimum absolute atomic E-state index is 0.0143. The summed E-state index contributed by atoms with van der Waals surface area (Å²) in [5, 5.41) is 0. The molecule has 94 valence electrons. The molecule has 2 rings (SSSR count). The van der Waals surface area contributed by atoms with Crippen LogP contribution in [0, 0.1) is 0 Å². The highest BCUT2D eigenvalue weighted by atomic mass is 16.4. The number of hydrogen-bond donors (Lipinski definition) is 0. The zero-order chi connectivity index (χ0) is 12.4. The average Bonchev–Trinajstić information content (AvgIpc) is 2.83. The highest BCUT2D eigenvalue weighted by molar-refractivity contribution is 5.91.